The molecule has 0 fully saturated rings. The lowest BCUT2D eigenvalue weighted by atomic mass is 10.0. The van der Waals surface area contributed by atoms with Gasteiger partial charge in [0, 0.05) is 36.6 Å². The van der Waals surface area contributed by atoms with Gasteiger partial charge in [0.15, 0.2) is 0 Å². The maximum absolute atomic E-state index is 8.87. The summed E-state index contributed by atoms with van der Waals surface area (Å²) in [6, 6.07) is 8.17. The van der Waals surface area contributed by atoms with Crippen LogP contribution in [0.3, 0.4) is 0 Å². The zero-order chi connectivity index (χ0) is 20.9. The summed E-state index contributed by atoms with van der Waals surface area (Å²) in [7, 11) is 3.78. The second-order valence-electron chi connectivity index (χ2n) is 6.30. The molecule has 0 bridgehead atoms. The van der Waals surface area contributed by atoms with Crippen molar-refractivity contribution in [2.75, 3.05) is 20.8 Å². The van der Waals surface area contributed by atoms with Crippen LogP contribution in [0.15, 0.2) is 76.7 Å². The normalized spacial score (nSPS) is 13.9. The van der Waals surface area contributed by atoms with E-state index in [0.29, 0.717) is 5.57 Å². The average molecular weight is 448 g/mol. The Morgan fingerprint density at radius 1 is 1.39 bits per heavy atom. The first-order chi connectivity index (χ1) is 13.4. The van der Waals surface area contributed by atoms with Gasteiger partial charge in [0.25, 0.3) is 0 Å². The van der Waals surface area contributed by atoms with Gasteiger partial charge in [0.05, 0.1) is 11.7 Å². The van der Waals surface area contributed by atoms with Crippen molar-refractivity contribution in [3.8, 4) is 0 Å². The van der Waals surface area contributed by atoms with Crippen molar-refractivity contribution in [2.45, 2.75) is 19.4 Å². The molecule has 0 aromatic heterocycles. The number of rotatable bonds is 12. The minimum atomic E-state index is -0.134. The Hall–Kier alpha value is -2.35. The number of aliphatic hydroxyl groups excluding tert-OH is 1. The molecule has 28 heavy (non-hydrogen) atoms. The first-order valence-electron chi connectivity index (χ1n) is 8.92. The first-order valence-corrected chi connectivity index (χ1v) is 9.71. The molecule has 1 atom stereocenters. The molecular formula is C21H30BrN5O. The zero-order valence-electron chi connectivity index (χ0n) is 16.7. The predicted molar refractivity (Wildman–Crippen MR) is 121 cm³/mol. The molecule has 0 aliphatic rings. The fourth-order valence-electron chi connectivity index (χ4n) is 2.49. The quantitative estimate of drug-likeness (QED) is 0.111. The second kappa shape index (κ2) is 12.9. The fraction of sp³-hybridized carbons (Fsp3) is 0.286. The molecule has 1 aromatic rings. The van der Waals surface area contributed by atoms with E-state index in [1.165, 1.54) is 6.21 Å². The summed E-state index contributed by atoms with van der Waals surface area (Å²) in [6.45, 7) is 5.66. The number of benzene rings is 1. The van der Waals surface area contributed by atoms with E-state index in [0.717, 1.165) is 27.7 Å². The van der Waals surface area contributed by atoms with E-state index in [1.807, 2.05) is 56.5 Å². The molecule has 0 saturated carbocycles. The van der Waals surface area contributed by atoms with Gasteiger partial charge in [-0.25, -0.2) is 5.01 Å². The Morgan fingerprint density at radius 2 is 2.14 bits per heavy atom. The predicted octanol–water partition coefficient (Wildman–Crippen LogP) is 3.58. The van der Waals surface area contributed by atoms with Crippen molar-refractivity contribution in [3.63, 3.8) is 0 Å². The molecular weight excluding hydrogens is 418 g/mol. The third kappa shape index (κ3) is 8.12. The third-order valence-electron chi connectivity index (χ3n) is 3.81. The van der Waals surface area contributed by atoms with Gasteiger partial charge >= 0.3 is 0 Å². The molecule has 0 aliphatic carbocycles. The van der Waals surface area contributed by atoms with E-state index in [4.69, 9.17) is 10.5 Å². The van der Waals surface area contributed by atoms with Crippen molar-refractivity contribution >= 4 is 22.1 Å². The van der Waals surface area contributed by atoms with E-state index in [1.54, 1.807) is 6.20 Å². The smallest absolute Gasteiger partial charge is 0.112 e. The number of nitrogens with one attached hydrogen (secondary N) is 4. The summed E-state index contributed by atoms with van der Waals surface area (Å²) >= 11 is 3.52. The maximum atomic E-state index is 8.87. The second-order valence-corrected chi connectivity index (χ2v) is 7.22. The monoisotopic (exact) mass is 447 g/mol. The molecule has 1 aromatic carbocycles. The van der Waals surface area contributed by atoms with Crippen LogP contribution in [0.4, 0.5) is 0 Å². The molecule has 1 unspecified atom stereocenters. The largest absolute Gasteiger partial charge is 0.383 e. The molecule has 0 saturated heterocycles. The topological polar surface area (TPSA) is 83.4 Å². The highest BCUT2D eigenvalue weighted by Gasteiger charge is 2.11. The van der Waals surface area contributed by atoms with Crippen LogP contribution in [0, 0.1) is 5.41 Å². The van der Waals surface area contributed by atoms with Crippen LogP contribution < -0.4 is 16.1 Å². The van der Waals surface area contributed by atoms with Gasteiger partial charge in [-0.15, -0.1) is 6.58 Å². The van der Waals surface area contributed by atoms with Crippen LogP contribution in [0.2, 0.25) is 0 Å². The summed E-state index contributed by atoms with van der Waals surface area (Å²) < 4.78 is 1.02. The fourth-order valence-corrected chi connectivity index (χ4v) is 2.91. The number of aliphatic hydroxyl groups is 1. The highest BCUT2D eigenvalue weighted by molar-refractivity contribution is 9.10. The summed E-state index contributed by atoms with van der Waals surface area (Å²) in [5.41, 5.74) is 6.77. The third-order valence-corrected chi connectivity index (χ3v) is 4.30. The zero-order valence-corrected chi connectivity index (χ0v) is 18.3. The SMILES string of the molecule is C=CCC(N/C=C(C=N)/C(NN(C)C)=C(C)\C=C/NCO)c1cccc(Br)c1. The molecule has 152 valence electrons. The Bertz CT molecular complexity index is 740. The number of hydrogen-bond acceptors (Lipinski definition) is 6. The van der Waals surface area contributed by atoms with Crippen molar-refractivity contribution in [1.29, 1.82) is 5.41 Å². The molecule has 7 heteroatoms. The van der Waals surface area contributed by atoms with Crippen molar-refractivity contribution in [2.24, 2.45) is 0 Å². The molecule has 5 N–H and O–H groups in total. The molecule has 0 radical (unpaired) electrons. The molecule has 1 rings (SSSR count). The van der Waals surface area contributed by atoms with Crippen molar-refractivity contribution < 1.29 is 5.11 Å². The van der Waals surface area contributed by atoms with Gasteiger partial charge in [0.1, 0.15) is 6.73 Å². The molecule has 0 spiro atoms. The van der Waals surface area contributed by atoms with Gasteiger partial charge in [-0.1, -0.05) is 34.1 Å². The van der Waals surface area contributed by atoms with Crippen LogP contribution in [0.5, 0.6) is 0 Å². The van der Waals surface area contributed by atoms with Crippen LogP contribution >= 0.6 is 15.9 Å². The van der Waals surface area contributed by atoms with E-state index in [-0.39, 0.29) is 12.8 Å². The van der Waals surface area contributed by atoms with Crippen molar-refractivity contribution in [1.82, 2.24) is 21.1 Å². The molecule has 0 heterocycles. The Morgan fingerprint density at radius 3 is 2.71 bits per heavy atom. The van der Waals surface area contributed by atoms with E-state index in [9.17, 15) is 0 Å². The highest BCUT2D eigenvalue weighted by atomic mass is 79.9. The summed E-state index contributed by atoms with van der Waals surface area (Å²) in [5, 5.41) is 24.7. The van der Waals surface area contributed by atoms with E-state index < -0.39 is 0 Å². The standard InChI is InChI=1S/C21H30BrN5O/c1-5-7-20(17-8-6-9-19(22)12-17)25-14-18(13-23)21(26-27(3)4)16(2)10-11-24-15-28/h5-6,8-14,20,23-26,28H,1,7,15H2,2-4H3/b11-10-,18-14+,21-16+,23-13?. The number of nitrogens with zero attached hydrogens (tertiary/aromatic N) is 1. The number of hydrazine groups is 1. The maximum Gasteiger partial charge on any atom is 0.112 e. The Kier molecular flexibility index (Phi) is 10.9. The Labute approximate surface area is 176 Å². The molecule has 0 aliphatic heterocycles. The molecule has 0 amide bonds. The lowest BCUT2D eigenvalue weighted by molar-refractivity contribution is 0.279. The van der Waals surface area contributed by atoms with Gasteiger partial charge in [-0.05, 0) is 48.9 Å². The van der Waals surface area contributed by atoms with Crippen LogP contribution in [-0.2, 0) is 0 Å². The number of halogens is 1. The summed E-state index contributed by atoms with van der Waals surface area (Å²) in [4.78, 5) is 0. The van der Waals surface area contributed by atoms with Crippen LogP contribution in [0.1, 0.15) is 24.9 Å². The lowest BCUT2D eigenvalue weighted by Crippen LogP contribution is -2.32. The van der Waals surface area contributed by atoms with Gasteiger partial charge in [-0.2, -0.15) is 0 Å². The van der Waals surface area contributed by atoms with Gasteiger partial charge in [0.2, 0.25) is 0 Å². The number of hydrogen-bond donors (Lipinski definition) is 5. The van der Waals surface area contributed by atoms with Crippen LogP contribution in [0.25, 0.3) is 0 Å². The summed E-state index contributed by atoms with van der Waals surface area (Å²) in [6.07, 6.45) is 9.28. The Balaban J connectivity index is 3.19. The minimum absolute atomic E-state index is 0.0393. The molecule has 6 nitrogen and oxygen atoms in total. The van der Waals surface area contributed by atoms with Gasteiger partial charge in [-0.3, -0.25) is 0 Å². The van der Waals surface area contributed by atoms with Crippen molar-refractivity contribution in [3.05, 3.63) is 82.3 Å². The van der Waals surface area contributed by atoms with E-state index >= 15 is 0 Å². The minimum Gasteiger partial charge on any atom is -0.383 e. The van der Waals surface area contributed by atoms with E-state index in [2.05, 4.69) is 50.7 Å². The lowest BCUT2D eigenvalue weighted by Gasteiger charge is -2.21. The highest BCUT2D eigenvalue weighted by Crippen LogP contribution is 2.22. The van der Waals surface area contributed by atoms with Crippen LogP contribution in [-0.4, -0.2) is 37.2 Å². The van der Waals surface area contributed by atoms with Gasteiger partial charge < -0.3 is 26.6 Å². The first kappa shape index (κ1) is 23.7. The summed E-state index contributed by atoms with van der Waals surface area (Å²) in [5.74, 6) is 0. The number of allylic oxidation sites excluding steroid dienone is 3. The average Bonchev–Trinajstić information content (AvgIpc) is 2.66.